The van der Waals surface area contributed by atoms with Gasteiger partial charge in [-0.1, -0.05) is 0 Å². The highest BCUT2D eigenvalue weighted by Gasteiger charge is 2.10. The molecule has 0 spiro atoms. The van der Waals surface area contributed by atoms with Crippen molar-refractivity contribution in [3.8, 4) is 0 Å². The number of nitrogens with one attached hydrogen (secondary N) is 1. The zero-order chi connectivity index (χ0) is 13.0. The zero-order valence-electron chi connectivity index (χ0n) is 9.87. The minimum Gasteiger partial charge on any atom is -0.478 e. The number of rotatable bonds is 5. The van der Waals surface area contributed by atoms with E-state index in [9.17, 15) is 4.79 Å². The molecule has 0 bridgehead atoms. The Morgan fingerprint density at radius 2 is 2.39 bits per heavy atom. The molecule has 0 saturated carbocycles. The summed E-state index contributed by atoms with van der Waals surface area (Å²) in [6, 6.07) is 1.41. The lowest BCUT2D eigenvalue weighted by Gasteiger charge is -2.07. The van der Waals surface area contributed by atoms with Crippen LogP contribution in [0, 0.1) is 6.92 Å². The molecule has 0 fully saturated rings. The Hall–Kier alpha value is -2.44. The van der Waals surface area contributed by atoms with Crippen molar-refractivity contribution in [1.82, 2.24) is 20.0 Å². The highest BCUT2D eigenvalue weighted by Crippen LogP contribution is 2.09. The van der Waals surface area contributed by atoms with Gasteiger partial charge in [-0.05, 0) is 18.6 Å². The van der Waals surface area contributed by atoms with Gasteiger partial charge in [-0.25, -0.2) is 4.79 Å². The van der Waals surface area contributed by atoms with Gasteiger partial charge < -0.3 is 10.4 Å². The van der Waals surface area contributed by atoms with E-state index in [1.807, 2.05) is 13.1 Å². The second-order valence-corrected chi connectivity index (χ2v) is 3.81. The van der Waals surface area contributed by atoms with Crippen molar-refractivity contribution in [1.29, 1.82) is 0 Å². The molecule has 18 heavy (non-hydrogen) atoms. The van der Waals surface area contributed by atoms with E-state index >= 15 is 0 Å². The molecule has 0 radical (unpaired) electrons. The van der Waals surface area contributed by atoms with Gasteiger partial charge in [0.05, 0.1) is 18.9 Å². The molecule has 0 aromatic carbocycles. The quantitative estimate of drug-likeness (QED) is 0.811. The van der Waals surface area contributed by atoms with Gasteiger partial charge in [-0.3, -0.25) is 4.68 Å². The number of carbonyl (C=O) groups is 1. The lowest BCUT2D eigenvalue weighted by molar-refractivity contribution is 0.0697. The molecule has 0 atom stereocenters. The number of hydrogen-bond acceptors (Lipinski definition) is 5. The van der Waals surface area contributed by atoms with Crippen molar-refractivity contribution >= 4 is 11.8 Å². The third-order valence-corrected chi connectivity index (χ3v) is 2.35. The Morgan fingerprint density at radius 1 is 1.56 bits per heavy atom. The Balaban J connectivity index is 1.96. The molecule has 0 aliphatic carbocycles. The summed E-state index contributed by atoms with van der Waals surface area (Å²) in [5.74, 6) is -0.754. The highest BCUT2D eigenvalue weighted by atomic mass is 16.4. The predicted octanol–water partition coefficient (Wildman–Crippen LogP) is 0.792. The number of carboxylic acids is 1. The molecule has 7 nitrogen and oxygen atoms in total. The summed E-state index contributed by atoms with van der Waals surface area (Å²) in [5, 5.41) is 23.4. The van der Waals surface area contributed by atoms with Crippen molar-refractivity contribution < 1.29 is 9.90 Å². The molecule has 2 rings (SSSR count). The Bertz CT molecular complexity index is 552. The molecule has 0 amide bonds. The van der Waals surface area contributed by atoms with Gasteiger partial charge in [0.15, 0.2) is 5.82 Å². The first-order chi connectivity index (χ1) is 8.66. The summed E-state index contributed by atoms with van der Waals surface area (Å²) < 4.78 is 1.78. The fourth-order valence-electron chi connectivity index (χ4n) is 1.51. The fourth-order valence-corrected chi connectivity index (χ4v) is 1.51. The van der Waals surface area contributed by atoms with E-state index in [-0.39, 0.29) is 11.4 Å². The fraction of sp³-hybridized carbons (Fsp3) is 0.273. The molecular formula is C11H13N5O2. The number of carboxylic acid groups (broad SMARTS) is 1. The second kappa shape index (κ2) is 5.26. The Kier molecular flexibility index (Phi) is 3.52. The van der Waals surface area contributed by atoms with Crippen LogP contribution in [0.2, 0.25) is 0 Å². The van der Waals surface area contributed by atoms with E-state index in [1.165, 1.54) is 12.3 Å². The van der Waals surface area contributed by atoms with Crippen LogP contribution in [0.15, 0.2) is 24.7 Å². The van der Waals surface area contributed by atoms with Crippen LogP contribution in [0.1, 0.15) is 15.9 Å². The minimum atomic E-state index is -1.03. The van der Waals surface area contributed by atoms with Gasteiger partial charge in [0.1, 0.15) is 5.56 Å². The summed E-state index contributed by atoms with van der Waals surface area (Å²) in [6.45, 7) is 3.12. The average molecular weight is 247 g/mol. The number of nitrogens with zero attached hydrogens (tertiary/aromatic N) is 4. The molecule has 2 heterocycles. The highest BCUT2D eigenvalue weighted by molar-refractivity contribution is 5.92. The molecule has 2 aromatic rings. The third-order valence-electron chi connectivity index (χ3n) is 2.35. The number of aromatic carboxylic acids is 1. The molecule has 2 N–H and O–H groups in total. The van der Waals surface area contributed by atoms with Crippen molar-refractivity contribution in [2.24, 2.45) is 0 Å². The first kappa shape index (κ1) is 12.0. The van der Waals surface area contributed by atoms with Crippen molar-refractivity contribution in [3.63, 3.8) is 0 Å². The smallest absolute Gasteiger partial charge is 0.339 e. The molecule has 0 aliphatic rings. The Morgan fingerprint density at radius 3 is 3.06 bits per heavy atom. The van der Waals surface area contributed by atoms with Gasteiger partial charge in [-0.2, -0.15) is 10.2 Å². The van der Waals surface area contributed by atoms with Crippen LogP contribution in [-0.2, 0) is 6.54 Å². The number of aromatic nitrogens is 4. The van der Waals surface area contributed by atoms with E-state index in [0.29, 0.717) is 13.1 Å². The molecular weight excluding hydrogens is 234 g/mol. The third kappa shape index (κ3) is 2.82. The number of hydrogen-bond donors (Lipinski definition) is 2. The standard InChI is InChI=1S/C11H13N5O2/c1-8-6-14-16(7-8)5-4-12-10-9(11(17)18)2-3-13-15-10/h2-3,6-7H,4-5H2,1H3,(H,12,15)(H,17,18). The van der Waals surface area contributed by atoms with Crippen LogP contribution >= 0.6 is 0 Å². The van der Waals surface area contributed by atoms with Gasteiger partial charge in [-0.15, -0.1) is 5.10 Å². The lowest BCUT2D eigenvalue weighted by Crippen LogP contribution is -2.14. The Labute approximate surface area is 103 Å². The zero-order valence-corrected chi connectivity index (χ0v) is 9.87. The van der Waals surface area contributed by atoms with Crippen LogP contribution in [0.25, 0.3) is 0 Å². The maximum absolute atomic E-state index is 10.9. The normalized spacial score (nSPS) is 10.3. The van der Waals surface area contributed by atoms with E-state index in [4.69, 9.17) is 5.11 Å². The largest absolute Gasteiger partial charge is 0.478 e. The summed E-state index contributed by atoms with van der Waals surface area (Å²) in [6.07, 6.45) is 5.03. The molecule has 2 aromatic heterocycles. The van der Waals surface area contributed by atoms with E-state index in [1.54, 1.807) is 10.9 Å². The van der Waals surface area contributed by atoms with Crippen LogP contribution in [-0.4, -0.2) is 37.6 Å². The lowest BCUT2D eigenvalue weighted by atomic mass is 10.3. The maximum atomic E-state index is 10.9. The van der Waals surface area contributed by atoms with E-state index in [2.05, 4.69) is 20.6 Å². The summed E-state index contributed by atoms with van der Waals surface area (Å²) >= 11 is 0. The summed E-state index contributed by atoms with van der Waals surface area (Å²) in [7, 11) is 0. The topological polar surface area (TPSA) is 92.9 Å². The van der Waals surface area contributed by atoms with Crippen LogP contribution in [0.5, 0.6) is 0 Å². The van der Waals surface area contributed by atoms with Gasteiger partial charge >= 0.3 is 5.97 Å². The molecule has 0 saturated heterocycles. The van der Waals surface area contributed by atoms with Crippen LogP contribution in [0.3, 0.4) is 0 Å². The van der Waals surface area contributed by atoms with Crippen LogP contribution in [0.4, 0.5) is 5.82 Å². The van der Waals surface area contributed by atoms with Crippen molar-refractivity contribution in [2.75, 3.05) is 11.9 Å². The number of aryl methyl sites for hydroxylation is 1. The molecule has 0 aliphatic heterocycles. The monoisotopic (exact) mass is 247 g/mol. The van der Waals surface area contributed by atoms with Crippen LogP contribution < -0.4 is 5.32 Å². The van der Waals surface area contributed by atoms with Gasteiger partial charge in [0.2, 0.25) is 0 Å². The SMILES string of the molecule is Cc1cnn(CCNc2nnccc2C(=O)O)c1. The van der Waals surface area contributed by atoms with Gasteiger partial charge in [0.25, 0.3) is 0 Å². The van der Waals surface area contributed by atoms with Gasteiger partial charge in [0, 0.05) is 12.7 Å². The van der Waals surface area contributed by atoms with Crippen molar-refractivity contribution in [2.45, 2.75) is 13.5 Å². The molecule has 7 heteroatoms. The maximum Gasteiger partial charge on any atom is 0.339 e. The summed E-state index contributed by atoms with van der Waals surface area (Å²) in [4.78, 5) is 10.9. The molecule has 94 valence electrons. The summed E-state index contributed by atoms with van der Waals surface area (Å²) in [5.41, 5.74) is 1.20. The first-order valence-electron chi connectivity index (χ1n) is 5.45. The van der Waals surface area contributed by atoms with Crippen molar-refractivity contribution in [3.05, 3.63) is 35.8 Å². The molecule has 0 unspecified atom stereocenters. The minimum absolute atomic E-state index is 0.113. The second-order valence-electron chi connectivity index (χ2n) is 3.81. The average Bonchev–Trinajstić information content (AvgIpc) is 2.75. The van der Waals surface area contributed by atoms with E-state index in [0.717, 1.165) is 5.56 Å². The first-order valence-corrected chi connectivity index (χ1v) is 5.45. The predicted molar refractivity (Wildman–Crippen MR) is 64.4 cm³/mol. The van der Waals surface area contributed by atoms with E-state index < -0.39 is 5.97 Å². The number of anilines is 1.